The third kappa shape index (κ3) is 4.03. The van der Waals surface area contributed by atoms with Gasteiger partial charge in [-0.25, -0.2) is 0 Å². The number of nitrogens with zero attached hydrogens (tertiary/aromatic N) is 2. The van der Waals surface area contributed by atoms with E-state index in [9.17, 15) is 0 Å². The SMILES string of the molecule is c1ccc(N(c2ccccc2)c2cccc(-c3cccc(-n4ccc5c4CCCc4occc4-5)c3)c2)cc1. The van der Waals surface area contributed by atoms with E-state index in [1.165, 1.54) is 33.6 Å². The molecule has 4 aromatic carbocycles. The molecule has 0 N–H and O–H groups in total. The average molecular weight is 493 g/mol. The molecule has 7 rings (SSSR count). The summed E-state index contributed by atoms with van der Waals surface area (Å²) in [6, 6.07) is 43.1. The molecule has 0 unspecified atom stereocenters. The maximum Gasteiger partial charge on any atom is 0.111 e. The zero-order valence-electron chi connectivity index (χ0n) is 21.1. The fourth-order valence-corrected chi connectivity index (χ4v) is 5.66. The number of hydrogen-bond acceptors (Lipinski definition) is 2. The summed E-state index contributed by atoms with van der Waals surface area (Å²) in [5.74, 6) is 1.11. The normalized spacial score (nSPS) is 12.4. The number of fused-ring (bicyclic) bond motifs is 3. The molecule has 184 valence electrons. The summed E-state index contributed by atoms with van der Waals surface area (Å²) in [6.07, 6.45) is 7.14. The predicted molar refractivity (Wildman–Crippen MR) is 156 cm³/mol. The van der Waals surface area contributed by atoms with Gasteiger partial charge in [0.1, 0.15) is 5.76 Å². The molecule has 0 radical (unpaired) electrons. The molecule has 6 aromatic rings. The van der Waals surface area contributed by atoms with Gasteiger partial charge in [-0.15, -0.1) is 0 Å². The summed E-state index contributed by atoms with van der Waals surface area (Å²) in [5.41, 5.74) is 10.9. The number of hydrogen-bond donors (Lipinski definition) is 0. The minimum atomic E-state index is 0.989. The van der Waals surface area contributed by atoms with Gasteiger partial charge in [0.25, 0.3) is 0 Å². The zero-order valence-corrected chi connectivity index (χ0v) is 21.1. The van der Waals surface area contributed by atoms with E-state index in [2.05, 4.69) is 137 Å². The Balaban J connectivity index is 1.29. The molecule has 0 bridgehead atoms. The Hall–Kier alpha value is -4.76. The first-order valence-corrected chi connectivity index (χ1v) is 13.2. The van der Waals surface area contributed by atoms with Crippen molar-refractivity contribution < 1.29 is 4.42 Å². The van der Waals surface area contributed by atoms with Gasteiger partial charge in [0.05, 0.1) is 6.26 Å². The molecule has 0 saturated heterocycles. The average Bonchev–Trinajstić information content (AvgIpc) is 3.58. The molecule has 3 heteroatoms. The summed E-state index contributed by atoms with van der Waals surface area (Å²) in [6.45, 7) is 0. The highest BCUT2D eigenvalue weighted by atomic mass is 16.3. The van der Waals surface area contributed by atoms with Crippen LogP contribution in [0.4, 0.5) is 17.1 Å². The molecule has 0 spiro atoms. The molecule has 0 aliphatic heterocycles. The fraction of sp³-hybridized carbons (Fsp3) is 0.0857. The molecule has 0 saturated carbocycles. The largest absolute Gasteiger partial charge is 0.469 e. The molecule has 0 fully saturated rings. The first kappa shape index (κ1) is 22.4. The van der Waals surface area contributed by atoms with Gasteiger partial charge in [-0.05, 0) is 84.6 Å². The highest BCUT2D eigenvalue weighted by Crippen LogP contribution is 2.38. The Morgan fingerprint density at radius 2 is 1.26 bits per heavy atom. The van der Waals surface area contributed by atoms with Crippen molar-refractivity contribution in [3.63, 3.8) is 0 Å². The van der Waals surface area contributed by atoms with Crippen LogP contribution >= 0.6 is 0 Å². The molecule has 3 nitrogen and oxygen atoms in total. The highest BCUT2D eigenvalue weighted by Gasteiger charge is 2.20. The van der Waals surface area contributed by atoms with Gasteiger partial charge in [-0.3, -0.25) is 0 Å². The van der Waals surface area contributed by atoms with E-state index in [4.69, 9.17) is 4.42 Å². The van der Waals surface area contributed by atoms with Crippen molar-refractivity contribution in [1.29, 1.82) is 0 Å². The van der Waals surface area contributed by atoms with Crippen LogP contribution < -0.4 is 4.90 Å². The minimum absolute atomic E-state index is 0.989. The highest BCUT2D eigenvalue weighted by molar-refractivity contribution is 5.80. The third-order valence-electron chi connectivity index (χ3n) is 7.44. The quantitative estimate of drug-likeness (QED) is 0.239. The van der Waals surface area contributed by atoms with Crippen LogP contribution in [0.25, 0.3) is 27.9 Å². The van der Waals surface area contributed by atoms with Crippen molar-refractivity contribution in [2.75, 3.05) is 4.90 Å². The van der Waals surface area contributed by atoms with Crippen molar-refractivity contribution in [2.45, 2.75) is 19.3 Å². The van der Waals surface area contributed by atoms with Gasteiger partial charge < -0.3 is 13.9 Å². The van der Waals surface area contributed by atoms with E-state index in [1.54, 1.807) is 0 Å². The van der Waals surface area contributed by atoms with Gasteiger partial charge in [0.15, 0.2) is 0 Å². The first-order chi connectivity index (χ1) is 18.8. The van der Waals surface area contributed by atoms with Crippen LogP contribution in [0, 0.1) is 0 Å². The van der Waals surface area contributed by atoms with Crippen molar-refractivity contribution in [3.8, 4) is 27.9 Å². The standard InChI is InChI=1S/C35H28N2O/c1-3-12-28(13-4-1)37(29-14-5-2-6-15-29)31-17-8-11-27(25-31)26-10-7-16-30(24-26)36-22-20-32-33-21-23-38-35(33)19-9-18-34(32)36/h1-8,10-17,20-25H,9,18-19H2. The van der Waals surface area contributed by atoms with Crippen molar-refractivity contribution >= 4 is 17.1 Å². The Morgan fingerprint density at radius 1 is 0.579 bits per heavy atom. The Labute approximate surface area is 223 Å². The second-order valence-electron chi connectivity index (χ2n) is 9.76. The first-order valence-electron chi connectivity index (χ1n) is 13.2. The molecule has 1 aliphatic rings. The van der Waals surface area contributed by atoms with Gasteiger partial charge in [-0.2, -0.15) is 0 Å². The Morgan fingerprint density at radius 3 is 2.03 bits per heavy atom. The van der Waals surface area contributed by atoms with Crippen LogP contribution in [-0.4, -0.2) is 4.57 Å². The van der Waals surface area contributed by atoms with E-state index in [0.29, 0.717) is 0 Å². The van der Waals surface area contributed by atoms with E-state index < -0.39 is 0 Å². The maximum absolute atomic E-state index is 5.77. The van der Waals surface area contributed by atoms with Crippen LogP contribution in [0.2, 0.25) is 0 Å². The van der Waals surface area contributed by atoms with Crippen molar-refractivity contribution in [2.24, 2.45) is 0 Å². The van der Waals surface area contributed by atoms with Crippen LogP contribution in [0.3, 0.4) is 0 Å². The second kappa shape index (κ2) is 9.60. The number of anilines is 3. The smallest absolute Gasteiger partial charge is 0.111 e. The van der Waals surface area contributed by atoms with E-state index in [0.717, 1.165) is 42.1 Å². The molecule has 2 aromatic heterocycles. The van der Waals surface area contributed by atoms with Gasteiger partial charge >= 0.3 is 0 Å². The number of rotatable bonds is 5. The molecule has 1 aliphatic carbocycles. The lowest BCUT2D eigenvalue weighted by Crippen LogP contribution is -2.09. The second-order valence-corrected chi connectivity index (χ2v) is 9.76. The minimum Gasteiger partial charge on any atom is -0.469 e. The van der Waals surface area contributed by atoms with Crippen molar-refractivity contribution in [1.82, 2.24) is 4.57 Å². The Kier molecular flexibility index (Phi) is 5.67. The van der Waals surface area contributed by atoms with Gasteiger partial charge in [-0.1, -0.05) is 60.7 Å². The summed E-state index contributed by atoms with van der Waals surface area (Å²) in [5, 5.41) is 0. The molecule has 2 heterocycles. The number of benzene rings is 4. The van der Waals surface area contributed by atoms with E-state index in [-0.39, 0.29) is 0 Å². The number of furan rings is 1. The number of para-hydroxylation sites is 2. The zero-order chi connectivity index (χ0) is 25.3. The molecule has 38 heavy (non-hydrogen) atoms. The van der Waals surface area contributed by atoms with Crippen LogP contribution in [0.1, 0.15) is 17.9 Å². The fourth-order valence-electron chi connectivity index (χ4n) is 5.66. The lowest BCUT2D eigenvalue weighted by atomic mass is 10.0. The lowest BCUT2D eigenvalue weighted by Gasteiger charge is -2.26. The van der Waals surface area contributed by atoms with Crippen LogP contribution in [-0.2, 0) is 12.8 Å². The summed E-state index contributed by atoms with van der Waals surface area (Å²) >= 11 is 0. The van der Waals surface area contributed by atoms with Crippen LogP contribution in [0.5, 0.6) is 0 Å². The molecular formula is C35H28N2O. The van der Waals surface area contributed by atoms with Gasteiger partial charge in [0.2, 0.25) is 0 Å². The van der Waals surface area contributed by atoms with E-state index in [1.807, 2.05) is 6.26 Å². The summed E-state index contributed by atoms with van der Waals surface area (Å²) in [4.78, 5) is 2.31. The number of aryl methyl sites for hydroxylation is 1. The summed E-state index contributed by atoms with van der Waals surface area (Å²) in [7, 11) is 0. The predicted octanol–water partition coefficient (Wildman–Crippen LogP) is 9.36. The van der Waals surface area contributed by atoms with Crippen LogP contribution in [0.15, 0.2) is 138 Å². The number of aromatic nitrogens is 1. The molecule has 0 amide bonds. The maximum atomic E-state index is 5.77. The molecular weight excluding hydrogens is 464 g/mol. The van der Waals surface area contributed by atoms with Gasteiger partial charge in [0, 0.05) is 52.2 Å². The lowest BCUT2D eigenvalue weighted by molar-refractivity contribution is 0.504. The topological polar surface area (TPSA) is 21.3 Å². The Bertz CT molecular complexity index is 1660. The van der Waals surface area contributed by atoms with Crippen molar-refractivity contribution in [3.05, 3.63) is 145 Å². The molecule has 0 atom stereocenters. The third-order valence-corrected chi connectivity index (χ3v) is 7.44. The monoisotopic (exact) mass is 492 g/mol. The van der Waals surface area contributed by atoms with E-state index >= 15 is 0 Å². The summed E-state index contributed by atoms with van der Waals surface area (Å²) < 4.78 is 8.12.